The quantitative estimate of drug-likeness (QED) is 0.919. The van der Waals surface area contributed by atoms with E-state index in [1.807, 2.05) is 0 Å². The maximum Gasteiger partial charge on any atom is 0.418 e. The second-order valence-electron chi connectivity index (χ2n) is 4.96. The molecule has 0 radical (unpaired) electrons. The van der Waals surface area contributed by atoms with Crippen molar-refractivity contribution in [1.29, 1.82) is 0 Å². The standard InChI is InChI=1S/C14H16ClF3N2O/c15-11-6-4-5-10(14(16,17)18)13(11)19-9-12(21)20-7-2-1-3-8-20/h4-6,19H,1-3,7-9H2. The van der Waals surface area contributed by atoms with Crippen LogP contribution in [-0.2, 0) is 11.0 Å². The summed E-state index contributed by atoms with van der Waals surface area (Å²) in [6, 6.07) is 3.55. The molecule has 1 heterocycles. The number of amides is 1. The van der Waals surface area contributed by atoms with Crippen LogP contribution in [0.3, 0.4) is 0 Å². The Morgan fingerprint density at radius 1 is 1.24 bits per heavy atom. The minimum Gasteiger partial charge on any atom is -0.374 e. The molecular weight excluding hydrogens is 305 g/mol. The minimum atomic E-state index is -4.51. The van der Waals surface area contributed by atoms with Gasteiger partial charge in [-0.15, -0.1) is 0 Å². The number of benzene rings is 1. The molecule has 1 N–H and O–H groups in total. The minimum absolute atomic E-state index is 0.0451. The first-order valence-electron chi connectivity index (χ1n) is 6.77. The van der Waals surface area contributed by atoms with Gasteiger partial charge >= 0.3 is 6.18 Å². The second kappa shape index (κ2) is 6.56. The highest BCUT2D eigenvalue weighted by molar-refractivity contribution is 6.33. The number of rotatable bonds is 3. The van der Waals surface area contributed by atoms with Crippen molar-refractivity contribution in [2.75, 3.05) is 25.0 Å². The zero-order valence-corrected chi connectivity index (χ0v) is 12.1. The number of hydrogen-bond donors (Lipinski definition) is 1. The molecule has 0 unspecified atom stereocenters. The van der Waals surface area contributed by atoms with Crippen LogP contribution in [0, 0.1) is 0 Å². The maximum atomic E-state index is 12.9. The van der Waals surface area contributed by atoms with Crippen molar-refractivity contribution in [1.82, 2.24) is 4.90 Å². The first-order valence-corrected chi connectivity index (χ1v) is 7.15. The Bertz CT molecular complexity index is 513. The molecule has 21 heavy (non-hydrogen) atoms. The Hall–Kier alpha value is -1.43. The molecule has 1 saturated heterocycles. The molecule has 1 aliphatic heterocycles. The lowest BCUT2D eigenvalue weighted by Gasteiger charge is -2.27. The van der Waals surface area contributed by atoms with E-state index in [0.717, 1.165) is 25.3 Å². The van der Waals surface area contributed by atoms with Gasteiger partial charge in [0.1, 0.15) is 0 Å². The molecular formula is C14H16ClF3N2O. The van der Waals surface area contributed by atoms with Gasteiger partial charge in [-0.1, -0.05) is 17.7 Å². The summed E-state index contributed by atoms with van der Waals surface area (Å²) in [5.74, 6) is -0.206. The fourth-order valence-corrected chi connectivity index (χ4v) is 2.60. The third-order valence-corrected chi connectivity index (χ3v) is 3.76. The number of hydrogen-bond acceptors (Lipinski definition) is 2. The second-order valence-corrected chi connectivity index (χ2v) is 5.36. The third-order valence-electron chi connectivity index (χ3n) is 3.44. The van der Waals surface area contributed by atoms with Crippen molar-refractivity contribution in [2.45, 2.75) is 25.4 Å². The van der Waals surface area contributed by atoms with Crippen molar-refractivity contribution in [2.24, 2.45) is 0 Å². The predicted molar refractivity (Wildman–Crippen MR) is 75.4 cm³/mol. The van der Waals surface area contributed by atoms with E-state index in [2.05, 4.69) is 5.32 Å². The van der Waals surface area contributed by atoms with E-state index in [1.54, 1.807) is 4.90 Å². The summed E-state index contributed by atoms with van der Waals surface area (Å²) in [5, 5.41) is 2.50. The molecule has 0 spiro atoms. The zero-order valence-electron chi connectivity index (χ0n) is 11.3. The molecule has 1 aliphatic rings. The smallest absolute Gasteiger partial charge is 0.374 e. The van der Waals surface area contributed by atoms with Gasteiger partial charge in [0.15, 0.2) is 0 Å². The van der Waals surface area contributed by atoms with Crippen LogP contribution in [0.25, 0.3) is 0 Å². The molecule has 7 heteroatoms. The van der Waals surface area contributed by atoms with Crippen molar-refractivity contribution < 1.29 is 18.0 Å². The molecule has 1 aromatic carbocycles. The molecule has 3 nitrogen and oxygen atoms in total. The number of alkyl halides is 3. The van der Waals surface area contributed by atoms with E-state index in [1.165, 1.54) is 12.1 Å². The number of nitrogens with zero attached hydrogens (tertiary/aromatic N) is 1. The van der Waals surface area contributed by atoms with Gasteiger partial charge < -0.3 is 10.2 Å². The molecule has 116 valence electrons. The highest BCUT2D eigenvalue weighted by atomic mass is 35.5. The number of likely N-dealkylation sites (tertiary alicyclic amines) is 1. The van der Waals surface area contributed by atoms with E-state index in [4.69, 9.17) is 11.6 Å². The average molecular weight is 321 g/mol. The topological polar surface area (TPSA) is 32.3 Å². The van der Waals surface area contributed by atoms with Crippen molar-refractivity contribution in [3.63, 3.8) is 0 Å². The third kappa shape index (κ3) is 4.03. The Labute approximate surface area is 126 Å². The summed E-state index contributed by atoms with van der Waals surface area (Å²) in [6.45, 7) is 1.14. The number of anilines is 1. The maximum absolute atomic E-state index is 12.9. The summed E-state index contributed by atoms with van der Waals surface area (Å²) in [7, 11) is 0. The van der Waals surface area contributed by atoms with E-state index in [0.29, 0.717) is 13.1 Å². The van der Waals surface area contributed by atoms with Gasteiger partial charge in [-0.25, -0.2) is 0 Å². The van der Waals surface area contributed by atoms with E-state index in [-0.39, 0.29) is 23.2 Å². The van der Waals surface area contributed by atoms with E-state index < -0.39 is 11.7 Å². The van der Waals surface area contributed by atoms with Gasteiger partial charge in [-0.3, -0.25) is 4.79 Å². The van der Waals surface area contributed by atoms with Crippen LogP contribution in [0.15, 0.2) is 18.2 Å². The van der Waals surface area contributed by atoms with Crippen LogP contribution < -0.4 is 5.32 Å². The SMILES string of the molecule is O=C(CNc1c(Cl)cccc1C(F)(F)F)N1CCCCC1. The summed E-state index contributed by atoms with van der Waals surface area (Å²) in [5.41, 5.74) is -1.10. The van der Waals surface area contributed by atoms with Crippen LogP contribution in [0.5, 0.6) is 0 Å². The number of carbonyl (C=O) groups is 1. The molecule has 1 fully saturated rings. The lowest BCUT2D eigenvalue weighted by Crippen LogP contribution is -2.39. The van der Waals surface area contributed by atoms with Crippen molar-refractivity contribution in [3.8, 4) is 0 Å². The lowest BCUT2D eigenvalue weighted by atomic mass is 10.1. The van der Waals surface area contributed by atoms with Crippen LogP contribution >= 0.6 is 11.6 Å². The molecule has 0 bridgehead atoms. The van der Waals surface area contributed by atoms with Crippen molar-refractivity contribution in [3.05, 3.63) is 28.8 Å². The first kappa shape index (κ1) is 15.9. The largest absolute Gasteiger partial charge is 0.418 e. The van der Waals surface area contributed by atoms with Crippen LogP contribution in [0.2, 0.25) is 5.02 Å². The highest BCUT2D eigenvalue weighted by Gasteiger charge is 2.34. The highest BCUT2D eigenvalue weighted by Crippen LogP contribution is 2.38. The van der Waals surface area contributed by atoms with Crippen LogP contribution in [0.4, 0.5) is 18.9 Å². The molecule has 0 aromatic heterocycles. The number of piperidine rings is 1. The van der Waals surface area contributed by atoms with Gasteiger partial charge in [0.25, 0.3) is 0 Å². The van der Waals surface area contributed by atoms with E-state index >= 15 is 0 Å². The Balaban J connectivity index is 2.07. The predicted octanol–water partition coefficient (Wildman–Crippen LogP) is 3.78. The van der Waals surface area contributed by atoms with Crippen molar-refractivity contribution >= 4 is 23.2 Å². The fraction of sp³-hybridized carbons (Fsp3) is 0.500. The summed E-state index contributed by atoms with van der Waals surface area (Å²) < 4.78 is 38.7. The summed E-state index contributed by atoms with van der Waals surface area (Å²) in [6.07, 6.45) is -1.56. The van der Waals surface area contributed by atoms with Gasteiger partial charge in [0, 0.05) is 13.1 Å². The fourth-order valence-electron chi connectivity index (χ4n) is 2.36. The van der Waals surface area contributed by atoms with Crippen LogP contribution in [-0.4, -0.2) is 30.4 Å². The van der Waals surface area contributed by atoms with Gasteiger partial charge in [-0.2, -0.15) is 13.2 Å². The molecule has 0 atom stereocenters. The molecule has 0 aliphatic carbocycles. The van der Waals surface area contributed by atoms with Gasteiger partial charge in [-0.05, 0) is 31.4 Å². The first-order chi connectivity index (χ1) is 9.89. The van der Waals surface area contributed by atoms with Crippen LogP contribution in [0.1, 0.15) is 24.8 Å². The molecule has 1 amide bonds. The Morgan fingerprint density at radius 3 is 2.52 bits per heavy atom. The number of para-hydroxylation sites is 1. The molecule has 1 aromatic rings. The molecule has 2 rings (SSSR count). The lowest BCUT2D eigenvalue weighted by molar-refractivity contribution is -0.137. The Kier molecular flexibility index (Phi) is 4.98. The van der Waals surface area contributed by atoms with Gasteiger partial charge in [0.05, 0.1) is 22.8 Å². The van der Waals surface area contributed by atoms with E-state index in [9.17, 15) is 18.0 Å². The number of carbonyl (C=O) groups excluding carboxylic acids is 1. The zero-order chi connectivity index (χ0) is 15.5. The summed E-state index contributed by atoms with van der Waals surface area (Å²) in [4.78, 5) is 13.7. The Morgan fingerprint density at radius 2 is 1.90 bits per heavy atom. The molecule has 0 saturated carbocycles. The van der Waals surface area contributed by atoms with Gasteiger partial charge in [0.2, 0.25) is 5.91 Å². The summed E-state index contributed by atoms with van der Waals surface area (Å²) >= 11 is 5.82. The average Bonchev–Trinajstić information content (AvgIpc) is 2.45. The normalized spacial score (nSPS) is 15.9. The number of halogens is 4. The monoisotopic (exact) mass is 320 g/mol. The number of nitrogens with one attached hydrogen (secondary N) is 1.